The summed E-state index contributed by atoms with van der Waals surface area (Å²) < 4.78 is 15.2. The Labute approximate surface area is 203 Å². The molecule has 2 amide bonds. The molecule has 3 aromatic carbocycles. The van der Waals surface area contributed by atoms with Crippen LogP contribution in [0.15, 0.2) is 91.1 Å². The number of hydrogen-bond donors (Lipinski definition) is 1. The van der Waals surface area contributed by atoms with E-state index >= 15 is 0 Å². The summed E-state index contributed by atoms with van der Waals surface area (Å²) in [5.74, 6) is -0.395. The summed E-state index contributed by atoms with van der Waals surface area (Å²) in [5, 5.41) is 2.87. The summed E-state index contributed by atoms with van der Waals surface area (Å²) in [6.45, 7) is 0.284. The Bertz CT molecular complexity index is 1320. The number of nitrogens with one attached hydrogen (secondary N) is 1. The van der Waals surface area contributed by atoms with Crippen LogP contribution in [0.1, 0.15) is 18.4 Å². The third-order valence-electron chi connectivity index (χ3n) is 5.92. The third-order valence-corrected chi connectivity index (χ3v) is 5.92. The topological polar surface area (TPSA) is 67.2 Å². The van der Waals surface area contributed by atoms with Crippen molar-refractivity contribution in [2.45, 2.75) is 19.4 Å². The van der Waals surface area contributed by atoms with Gasteiger partial charge >= 0.3 is 0 Å². The Balaban J connectivity index is 1.40. The highest BCUT2D eigenvalue weighted by molar-refractivity contribution is 5.94. The third kappa shape index (κ3) is 5.46. The van der Waals surface area contributed by atoms with E-state index in [2.05, 4.69) is 10.3 Å². The fourth-order valence-corrected chi connectivity index (χ4v) is 3.96. The number of carbonyl (C=O) groups excluding carboxylic acids is 2. The van der Waals surface area contributed by atoms with E-state index in [9.17, 15) is 14.0 Å². The first-order valence-corrected chi connectivity index (χ1v) is 11.6. The second kappa shape index (κ2) is 9.93. The Kier molecular flexibility index (Phi) is 6.39. The molecule has 4 aromatic rings. The van der Waals surface area contributed by atoms with Crippen molar-refractivity contribution in [1.82, 2.24) is 14.5 Å². The minimum Gasteiger partial charge on any atom is -0.329 e. The second-order valence-corrected chi connectivity index (χ2v) is 8.66. The first-order chi connectivity index (χ1) is 17.1. The van der Waals surface area contributed by atoms with E-state index < -0.39 is 0 Å². The van der Waals surface area contributed by atoms with Crippen LogP contribution < -0.4 is 5.32 Å². The molecular weight excluding hydrogens is 443 g/mol. The van der Waals surface area contributed by atoms with Crippen molar-refractivity contribution in [2.75, 3.05) is 11.9 Å². The van der Waals surface area contributed by atoms with Gasteiger partial charge in [-0.05, 0) is 42.7 Å². The van der Waals surface area contributed by atoms with Crippen molar-refractivity contribution >= 4 is 17.8 Å². The monoisotopic (exact) mass is 468 g/mol. The fourth-order valence-electron chi connectivity index (χ4n) is 3.96. The normalized spacial score (nSPS) is 12.8. The molecule has 7 heteroatoms. The zero-order chi connectivity index (χ0) is 24.2. The predicted octanol–water partition coefficient (Wildman–Crippen LogP) is 5.06. The van der Waals surface area contributed by atoms with Crippen LogP contribution >= 0.6 is 0 Å². The highest BCUT2D eigenvalue weighted by atomic mass is 19.1. The molecule has 1 N–H and O–H groups in total. The lowest BCUT2D eigenvalue weighted by atomic mass is 10.2. The van der Waals surface area contributed by atoms with Gasteiger partial charge in [-0.2, -0.15) is 0 Å². The average Bonchev–Trinajstić information content (AvgIpc) is 3.65. The molecule has 176 valence electrons. The Hall–Kier alpha value is -4.26. The zero-order valence-electron chi connectivity index (χ0n) is 19.1. The molecule has 0 unspecified atom stereocenters. The van der Waals surface area contributed by atoms with Gasteiger partial charge in [0.05, 0.1) is 5.69 Å². The van der Waals surface area contributed by atoms with Crippen molar-refractivity contribution in [3.05, 3.63) is 103 Å². The lowest BCUT2D eigenvalue weighted by molar-refractivity contribution is -0.136. The van der Waals surface area contributed by atoms with Gasteiger partial charge in [-0.15, -0.1) is 0 Å². The summed E-state index contributed by atoms with van der Waals surface area (Å²) >= 11 is 0. The van der Waals surface area contributed by atoms with Gasteiger partial charge in [-0.1, -0.05) is 60.7 Å². The van der Waals surface area contributed by atoms with Crippen molar-refractivity contribution in [3.63, 3.8) is 0 Å². The summed E-state index contributed by atoms with van der Waals surface area (Å²) in [6, 6.07) is 25.2. The zero-order valence-corrected chi connectivity index (χ0v) is 19.1. The molecule has 1 aliphatic rings. The molecule has 1 heterocycles. The number of aromatic nitrogens is 2. The van der Waals surface area contributed by atoms with Gasteiger partial charge in [0.25, 0.3) is 0 Å². The number of carbonyl (C=O) groups is 2. The van der Waals surface area contributed by atoms with E-state index in [1.807, 2.05) is 60.7 Å². The van der Waals surface area contributed by atoms with E-state index in [0.717, 1.165) is 24.0 Å². The van der Waals surface area contributed by atoms with Crippen molar-refractivity contribution in [2.24, 2.45) is 5.92 Å². The lowest BCUT2D eigenvalue weighted by Gasteiger charge is -2.22. The molecule has 0 atom stereocenters. The van der Waals surface area contributed by atoms with Crippen molar-refractivity contribution in [3.8, 4) is 16.9 Å². The Morgan fingerprint density at radius 3 is 2.26 bits per heavy atom. The summed E-state index contributed by atoms with van der Waals surface area (Å²) in [7, 11) is 0. The number of imidazole rings is 1. The van der Waals surface area contributed by atoms with Crippen molar-refractivity contribution in [1.29, 1.82) is 0 Å². The second-order valence-electron chi connectivity index (χ2n) is 8.66. The number of hydrogen-bond acceptors (Lipinski definition) is 3. The minimum absolute atomic E-state index is 0.00241. The average molecular weight is 469 g/mol. The first-order valence-electron chi connectivity index (χ1n) is 11.6. The smallest absolute Gasteiger partial charge is 0.246 e. The van der Waals surface area contributed by atoms with Crippen LogP contribution in [0.25, 0.3) is 16.9 Å². The van der Waals surface area contributed by atoms with Crippen LogP contribution in [0.2, 0.25) is 0 Å². The van der Waals surface area contributed by atoms with E-state index in [4.69, 9.17) is 0 Å². The summed E-state index contributed by atoms with van der Waals surface area (Å²) in [4.78, 5) is 32.3. The summed E-state index contributed by atoms with van der Waals surface area (Å²) in [5.41, 5.74) is 3.18. The molecule has 1 aromatic heterocycles. The van der Waals surface area contributed by atoms with E-state index in [0.29, 0.717) is 23.9 Å². The maximum Gasteiger partial charge on any atom is 0.246 e. The number of halogens is 1. The molecule has 0 aliphatic heterocycles. The predicted molar refractivity (Wildman–Crippen MR) is 132 cm³/mol. The van der Waals surface area contributed by atoms with Gasteiger partial charge < -0.3 is 4.90 Å². The van der Waals surface area contributed by atoms with Crippen LogP contribution in [0.4, 0.5) is 10.3 Å². The molecule has 0 bridgehead atoms. The number of amides is 2. The van der Waals surface area contributed by atoms with Gasteiger partial charge in [0.15, 0.2) is 0 Å². The van der Waals surface area contributed by atoms with Crippen LogP contribution in [0, 0.1) is 11.7 Å². The SMILES string of the molecule is O=C(CN(Cc1ccccc1)C(=O)C1CC1)Nc1nc(-c2ccccc2)cn1-c1ccc(F)cc1. The molecular formula is C28H25FN4O2. The van der Waals surface area contributed by atoms with Crippen molar-refractivity contribution < 1.29 is 14.0 Å². The fraction of sp³-hybridized carbons (Fsp3) is 0.179. The quantitative estimate of drug-likeness (QED) is 0.393. The highest BCUT2D eigenvalue weighted by Gasteiger charge is 2.34. The van der Waals surface area contributed by atoms with Crippen LogP contribution in [-0.2, 0) is 16.1 Å². The Morgan fingerprint density at radius 1 is 0.943 bits per heavy atom. The first kappa shape index (κ1) is 22.5. The van der Waals surface area contributed by atoms with Crippen LogP contribution in [-0.4, -0.2) is 32.8 Å². The molecule has 35 heavy (non-hydrogen) atoms. The van der Waals surface area contributed by atoms with Crippen LogP contribution in [0.5, 0.6) is 0 Å². The van der Waals surface area contributed by atoms with Gasteiger partial charge in [-0.25, -0.2) is 9.37 Å². The number of anilines is 1. The molecule has 1 fully saturated rings. The molecule has 0 radical (unpaired) electrons. The van der Waals surface area contributed by atoms with Gasteiger partial charge in [0.1, 0.15) is 12.4 Å². The molecule has 6 nitrogen and oxygen atoms in total. The molecule has 1 aliphatic carbocycles. The minimum atomic E-state index is -0.349. The maximum absolute atomic E-state index is 13.5. The molecule has 0 saturated heterocycles. The van der Waals surface area contributed by atoms with E-state index in [-0.39, 0.29) is 30.1 Å². The Morgan fingerprint density at radius 2 is 1.60 bits per heavy atom. The van der Waals surface area contributed by atoms with Crippen LogP contribution in [0.3, 0.4) is 0 Å². The maximum atomic E-state index is 13.5. The lowest BCUT2D eigenvalue weighted by Crippen LogP contribution is -2.38. The molecule has 1 saturated carbocycles. The highest BCUT2D eigenvalue weighted by Crippen LogP contribution is 2.31. The number of nitrogens with zero attached hydrogens (tertiary/aromatic N) is 3. The van der Waals surface area contributed by atoms with Gasteiger partial charge in [0, 0.05) is 29.9 Å². The molecule has 0 spiro atoms. The van der Waals surface area contributed by atoms with Gasteiger partial charge in [-0.3, -0.25) is 19.5 Å². The van der Waals surface area contributed by atoms with E-state index in [1.54, 1.807) is 27.8 Å². The summed E-state index contributed by atoms with van der Waals surface area (Å²) in [6.07, 6.45) is 3.53. The largest absolute Gasteiger partial charge is 0.329 e. The number of rotatable bonds is 8. The van der Waals surface area contributed by atoms with Gasteiger partial charge in [0.2, 0.25) is 17.8 Å². The number of benzene rings is 3. The van der Waals surface area contributed by atoms with E-state index in [1.165, 1.54) is 12.1 Å². The molecule has 5 rings (SSSR count). The standard InChI is InChI=1S/C28H25FN4O2/c29-23-13-15-24(16-14-23)33-18-25(21-9-5-2-6-10-21)30-28(33)31-26(34)19-32(27(35)22-11-12-22)17-20-7-3-1-4-8-20/h1-10,13-16,18,22H,11-12,17,19H2,(H,30,31,34).